The number of aromatic hydroxyl groups is 1. The number of carbonyl (C=O) groups is 1. The number of rotatable bonds is 4. The predicted octanol–water partition coefficient (Wildman–Crippen LogP) is 2.21. The smallest absolute Gasteiger partial charge is 0.306 e. The molecule has 0 saturated carbocycles. The first-order valence-electron chi connectivity index (χ1n) is 6.78. The van der Waals surface area contributed by atoms with Gasteiger partial charge in [0.25, 0.3) is 0 Å². The zero-order chi connectivity index (χ0) is 15.5. The lowest BCUT2D eigenvalue weighted by molar-refractivity contribution is -0.140. The van der Waals surface area contributed by atoms with Crippen molar-refractivity contribution in [1.82, 2.24) is 4.98 Å². The van der Waals surface area contributed by atoms with Crippen LogP contribution in [0.1, 0.15) is 23.5 Å². The van der Waals surface area contributed by atoms with Crippen LogP contribution in [0.3, 0.4) is 0 Å². The highest BCUT2D eigenvalue weighted by Crippen LogP contribution is 2.42. The number of ether oxygens (including phenoxy) is 3. The summed E-state index contributed by atoms with van der Waals surface area (Å²) in [5, 5.41) is 10.3. The molecular weight excluding hydrogens is 286 g/mol. The van der Waals surface area contributed by atoms with Crippen molar-refractivity contribution in [3.63, 3.8) is 0 Å². The molecule has 2 heterocycles. The minimum atomic E-state index is -0.379. The van der Waals surface area contributed by atoms with Gasteiger partial charge in [-0.2, -0.15) is 0 Å². The molecule has 1 aliphatic heterocycles. The molecule has 3 rings (SSSR count). The fourth-order valence-corrected chi connectivity index (χ4v) is 2.47. The Morgan fingerprint density at radius 2 is 2.18 bits per heavy atom. The van der Waals surface area contributed by atoms with E-state index in [0.29, 0.717) is 17.1 Å². The van der Waals surface area contributed by atoms with Crippen molar-refractivity contribution in [1.29, 1.82) is 0 Å². The Hall–Kier alpha value is -2.76. The highest BCUT2D eigenvalue weighted by atomic mass is 16.7. The maximum Gasteiger partial charge on any atom is 0.306 e. The van der Waals surface area contributed by atoms with Gasteiger partial charge in [-0.1, -0.05) is 6.07 Å². The zero-order valence-corrected chi connectivity index (χ0v) is 12.0. The van der Waals surface area contributed by atoms with Gasteiger partial charge in [0, 0.05) is 29.9 Å². The molecule has 0 fully saturated rings. The zero-order valence-electron chi connectivity index (χ0n) is 12.0. The van der Waals surface area contributed by atoms with Crippen molar-refractivity contribution in [2.45, 2.75) is 12.3 Å². The van der Waals surface area contributed by atoms with E-state index < -0.39 is 0 Å². The van der Waals surface area contributed by atoms with Gasteiger partial charge in [-0.15, -0.1) is 0 Å². The molecule has 114 valence electrons. The number of carbonyl (C=O) groups excluding carboxylic acids is 1. The van der Waals surface area contributed by atoms with Crippen LogP contribution < -0.4 is 9.47 Å². The average molecular weight is 301 g/mol. The third-order valence-electron chi connectivity index (χ3n) is 3.58. The molecule has 1 aromatic carbocycles. The van der Waals surface area contributed by atoms with Crippen molar-refractivity contribution >= 4 is 5.97 Å². The maximum atomic E-state index is 11.7. The number of hydrogen-bond acceptors (Lipinski definition) is 6. The first-order chi connectivity index (χ1) is 10.7. The molecule has 0 aliphatic carbocycles. The third kappa shape index (κ3) is 2.67. The second-order valence-corrected chi connectivity index (χ2v) is 4.88. The summed E-state index contributed by atoms with van der Waals surface area (Å²) in [5.74, 6) is 0.333. The van der Waals surface area contributed by atoms with E-state index in [1.807, 2.05) is 6.07 Å². The highest BCUT2D eigenvalue weighted by Gasteiger charge is 2.25. The molecule has 0 amide bonds. The minimum absolute atomic E-state index is 0.0435. The largest absolute Gasteiger partial charge is 0.508 e. The predicted molar refractivity (Wildman–Crippen MR) is 76.9 cm³/mol. The number of phenolic OH excluding ortho intramolecular Hbond substituents is 1. The fourth-order valence-electron chi connectivity index (χ4n) is 2.47. The summed E-state index contributed by atoms with van der Waals surface area (Å²) in [7, 11) is 1.34. The molecule has 1 atom stereocenters. The molecular formula is C16H15NO5. The van der Waals surface area contributed by atoms with Crippen molar-refractivity contribution in [3.05, 3.63) is 47.8 Å². The summed E-state index contributed by atoms with van der Waals surface area (Å²) < 4.78 is 15.3. The van der Waals surface area contributed by atoms with Gasteiger partial charge in [0.1, 0.15) is 5.75 Å². The van der Waals surface area contributed by atoms with E-state index in [4.69, 9.17) is 14.2 Å². The van der Waals surface area contributed by atoms with Crippen LogP contribution in [0.4, 0.5) is 0 Å². The van der Waals surface area contributed by atoms with E-state index in [2.05, 4.69) is 4.98 Å². The fraction of sp³-hybridized carbons (Fsp3) is 0.250. The van der Waals surface area contributed by atoms with Crippen molar-refractivity contribution < 1.29 is 24.1 Å². The summed E-state index contributed by atoms with van der Waals surface area (Å²) in [6, 6.07) is 6.82. The lowest BCUT2D eigenvalue weighted by Crippen LogP contribution is -2.10. The number of fused-ring (bicyclic) bond motifs is 1. The number of methoxy groups -OCH3 is 1. The molecule has 1 aromatic heterocycles. The number of nitrogens with zero attached hydrogens (tertiary/aromatic N) is 1. The summed E-state index contributed by atoms with van der Waals surface area (Å²) in [6.45, 7) is 0.118. The summed E-state index contributed by atoms with van der Waals surface area (Å²) in [6.07, 6.45) is 3.41. The molecule has 0 spiro atoms. The normalized spacial score (nSPS) is 13.7. The molecule has 6 nitrogen and oxygen atoms in total. The number of benzene rings is 1. The maximum absolute atomic E-state index is 11.7. The molecule has 22 heavy (non-hydrogen) atoms. The van der Waals surface area contributed by atoms with E-state index in [1.54, 1.807) is 24.5 Å². The van der Waals surface area contributed by atoms with Gasteiger partial charge in [-0.25, -0.2) is 0 Å². The number of phenols is 1. The Balaban J connectivity index is 2.04. The third-order valence-corrected chi connectivity index (χ3v) is 3.58. The molecule has 0 bridgehead atoms. The molecule has 6 heteroatoms. The van der Waals surface area contributed by atoms with Crippen LogP contribution in [0.5, 0.6) is 17.2 Å². The van der Waals surface area contributed by atoms with Gasteiger partial charge >= 0.3 is 5.97 Å². The number of aromatic nitrogens is 1. The SMILES string of the molecule is COC(=O)C[C@H](c1cccnc1)c1cc2c(cc1O)OCO2. The van der Waals surface area contributed by atoms with E-state index in [9.17, 15) is 9.90 Å². The number of pyridine rings is 1. The molecule has 1 aliphatic rings. The topological polar surface area (TPSA) is 77.9 Å². The Morgan fingerprint density at radius 1 is 1.41 bits per heavy atom. The standard InChI is InChI=1S/C16H15NO5/c1-20-16(19)6-11(10-3-2-4-17-8-10)12-5-14-15(7-13(12)18)22-9-21-14/h2-5,7-8,11,18H,6,9H2,1H3/t11-/m1/s1. The van der Waals surface area contributed by atoms with E-state index in [-0.39, 0.29) is 30.9 Å². The van der Waals surface area contributed by atoms with Gasteiger partial charge < -0.3 is 19.3 Å². The molecule has 2 aromatic rings. The second-order valence-electron chi connectivity index (χ2n) is 4.88. The number of hydrogen-bond donors (Lipinski definition) is 1. The Morgan fingerprint density at radius 3 is 2.86 bits per heavy atom. The van der Waals surface area contributed by atoms with Crippen LogP contribution in [0.15, 0.2) is 36.7 Å². The summed E-state index contributed by atoms with van der Waals surface area (Å²) in [5.41, 5.74) is 1.38. The van der Waals surface area contributed by atoms with Crippen LogP contribution >= 0.6 is 0 Å². The molecule has 0 unspecified atom stereocenters. The quantitative estimate of drug-likeness (QED) is 0.872. The van der Waals surface area contributed by atoms with E-state index in [1.165, 1.54) is 13.2 Å². The Labute approximate surface area is 127 Å². The average Bonchev–Trinajstić information content (AvgIpc) is 2.99. The van der Waals surface area contributed by atoms with Crippen LogP contribution in [0, 0.1) is 0 Å². The molecule has 0 saturated heterocycles. The first kappa shape index (κ1) is 14.2. The Bertz CT molecular complexity index is 686. The van der Waals surface area contributed by atoms with Crippen LogP contribution in [-0.4, -0.2) is 30.0 Å². The van der Waals surface area contributed by atoms with Crippen LogP contribution in [0.25, 0.3) is 0 Å². The van der Waals surface area contributed by atoms with Crippen molar-refractivity contribution in [2.24, 2.45) is 0 Å². The number of esters is 1. The van der Waals surface area contributed by atoms with Gasteiger partial charge in [-0.3, -0.25) is 9.78 Å². The van der Waals surface area contributed by atoms with E-state index >= 15 is 0 Å². The lowest BCUT2D eigenvalue weighted by atomic mass is 9.88. The second kappa shape index (κ2) is 5.93. The van der Waals surface area contributed by atoms with E-state index in [0.717, 1.165) is 5.56 Å². The molecule has 0 radical (unpaired) electrons. The van der Waals surface area contributed by atoms with Crippen LogP contribution in [-0.2, 0) is 9.53 Å². The lowest BCUT2D eigenvalue weighted by Gasteiger charge is -2.18. The van der Waals surface area contributed by atoms with Gasteiger partial charge in [0.05, 0.1) is 13.5 Å². The monoisotopic (exact) mass is 301 g/mol. The van der Waals surface area contributed by atoms with Crippen molar-refractivity contribution in [2.75, 3.05) is 13.9 Å². The van der Waals surface area contributed by atoms with Crippen LogP contribution in [0.2, 0.25) is 0 Å². The summed E-state index contributed by atoms with van der Waals surface area (Å²) >= 11 is 0. The van der Waals surface area contributed by atoms with Gasteiger partial charge in [-0.05, 0) is 17.7 Å². The van der Waals surface area contributed by atoms with Gasteiger partial charge in [0.15, 0.2) is 11.5 Å². The van der Waals surface area contributed by atoms with Crippen molar-refractivity contribution in [3.8, 4) is 17.2 Å². The first-order valence-corrected chi connectivity index (χ1v) is 6.78. The highest BCUT2D eigenvalue weighted by molar-refractivity contribution is 5.72. The Kier molecular flexibility index (Phi) is 3.82. The molecule has 1 N–H and O–H groups in total. The minimum Gasteiger partial charge on any atom is -0.508 e. The van der Waals surface area contributed by atoms with Gasteiger partial charge in [0.2, 0.25) is 6.79 Å². The summed E-state index contributed by atoms with van der Waals surface area (Å²) in [4.78, 5) is 15.8.